The third-order valence-electron chi connectivity index (χ3n) is 5.90. The summed E-state index contributed by atoms with van der Waals surface area (Å²) in [4.78, 5) is 50.8. The van der Waals surface area contributed by atoms with Crippen LogP contribution in [0, 0.1) is 6.92 Å². The number of benzene rings is 1. The molecule has 0 N–H and O–H groups in total. The van der Waals surface area contributed by atoms with E-state index in [4.69, 9.17) is 4.74 Å². The van der Waals surface area contributed by atoms with Crippen LogP contribution >= 0.6 is 0 Å². The van der Waals surface area contributed by atoms with Gasteiger partial charge in [0.05, 0.1) is 17.9 Å². The standard InChI is InChI=1S/C25H29F3N4O4/c1-5-7-19-20(24(35)36-6-2)21(30-16(4)29-19)23(34)31-12-13-32(15(3)14-31)22(33)17-8-10-18(11-9-17)25(26,27)28/h8-11,15H,5-7,12-14H2,1-4H3. The number of nitrogens with zero attached hydrogens (tertiary/aromatic N) is 4. The first-order valence-electron chi connectivity index (χ1n) is 11.8. The zero-order valence-corrected chi connectivity index (χ0v) is 20.7. The number of amides is 2. The lowest BCUT2D eigenvalue weighted by Gasteiger charge is -2.40. The quantitative estimate of drug-likeness (QED) is 0.552. The van der Waals surface area contributed by atoms with Gasteiger partial charge in [-0.3, -0.25) is 9.59 Å². The number of alkyl halides is 3. The number of aromatic nitrogens is 2. The molecule has 3 rings (SSSR count). The predicted molar refractivity (Wildman–Crippen MR) is 125 cm³/mol. The van der Waals surface area contributed by atoms with Crippen LogP contribution in [0.15, 0.2) is 24.3 Å². The van der Waals surface area contributed by atoms with Gasteiger partial charge < -0.3 is 14.5 Å². The summed E-state index contributed by atoms with van der Waals surface area (Å²) in [6, 6.07) is 3.64. The molecule has 0 spiro atoms. The first-order chi connectivity index (χ1) is 17.0. The molecule has 0 saturated carbocycles. The molecule has 2 amide bonds. The van der Waals surface area contributed by atoms with Crippen LogP contribution in [0.4, 0.5) is 13.2 Å². The minimum absolute atomic E-state index is 0.0286. The topological polar surface area (TPSA) is 92.7 Å². The van der Waals surface area contributed by atoms with Gasteiger partial charge in [-0.25, -0.2) is 14.8 Å². The van der Waals surface area contributed by atoms with Crippen LogP contribution < -0.4 is 0 Å². The summed E-state index contributed by atoms with van der Waals surface area (Å²) >= 11 is 0. The van der Waals surface area contributed by atoms with Crippen LogP contribution in [-0.2, 0) is 17.3 Å². The van der Waals surface area contributed by atoms with Crippen LogP contribution in [0.1, 0.15) is 75.5 Å². The van der Waals surface area contributed by atoms with Gasteiger partial charge in [-0.05, 0) is 51.5 Å². The Hall–Kier alpha value is -3.50. The van der Waals surface area contributed by atoms with E-state index in [9.17, 15) is 27.6 Å². The molecule has 1 fully saturated rings. The van der Waals surface area contributed by atoms with Gasteiger partial charge in [-0.15, -0.1) is 0 Å². The number of carbonyl (C=O) groups is 3. The van der Waals surface area contributed by atoms with Gasteiger partial charge in [0, 0.05) is 31.2 Å². The Balaban J connectivity index is 1.81. The Labute approximate surface area is 207 Å². The molecule has 0 radical (unpaired) electrons. The van der Waals surface area contributed by atoms with Crippen molar-refractivity contribution in [3.63, 3.8) is 0 Å². The lowest BCUT2D eigenvalue weighted by molar-refractivity contribution is -0.137. The summed E-state index contributed by atoms with van der Waals surface area (Å²) in [5, 5.41) is 0. The molecule has 0 bridgehead atoms. The number of hydrogen-bond acceptors (Lipinski definition) is 6. The van der Waals surface area contributed by atoms with E-state index in [1.54, 1.807) is 20.8 Å². The summed E-state index contributed by atoms with van der Waals surface area (Å²) in [5.41, 5.74) is -0.211. The van der Waals surface area contributed by atoms with Crippen LogP contribution in [0.25, 0.3) is 0 Å². The fourth-order valence-electron chi connectivity index (χ4n) is 4.18. The maximum Gasteiger partial charge on any atom is 0.416 e. The molecule has 2 heterocycles. The number of piperazine rings is 1. The fourth-order valence-corrected chi connectivity index (χ4v) is 4.18. The van der Waals surface area contributed by atoms with Crippen molar-refractivity contribution in [3.05, 3.63) is 58.2 Å². The number of halogens is 3. The third kappa shape index (κ3) is 5.83. The van der Waals surface area contributed by atoms with Crippen molar-refractivity contribution >= 4 is 17.8 Å². The van der Waals surface area contributed by atoms with Gasteiger partial charge >= 0.3 is 12.1 Å². The molecular formula is C25H29F3N4O4. The second kappa shape index (κ2) is 11.0. The van der Waals surface area contributed by atoms with Crippen molar-refractivity contribution < 1.29 is 32.3 Å². The largest absolute Gasteiger partial charge is 0.462 e. The number of ether oxygens (including phenoxy) is 1. The van der Waals surface area contributed by atoms with Crippen LogP contribution in [-0.4, -0.2) is 69.8 Å². The molecule has 2 aromatic rings. The van der Waals surface area contributed by atoms with Crippen LogP contribution in [0.3, 0.4) is 0 Å². The average Bonchev–Trinajstić information content (AvgIpc) is 2.82. The minimum Gasteiger partial charge on any atom is -0.462 e. The maximum absolute atomic E-state index is 13.5. The van der Waals surface area contributed by atoms with Crippen LogP contribution in [0.2, 0.25) is 0 Å². The second-order valence-electron chi connectivity index (χ2n) is 8.59. The molecular weight excluding hydrogens is 477 g/mol. The smallest absolute Gasteiger partial charge is 0.416 e. The zero-order valence-electron chi connectivity index (χ0n) is 20.7. The zero-order chi connectivity index (χ0) is 26.6. The highest BCUT2D eigenvalue weighted by molar-refractivity contribution is 6.04. The first kappa shape index (κ1) is 27.1. The molecule has 8 nitrogen and oxygen atoms in total. The Morgan fingerprint density at radius 1 is 1.06 bits per heavy atom. The van der Waals surface area contributed by atoms with E-state index in [1.165, 1.54) is 9.80 Å². The van der Waals surface area contributed by atoms with E-state index in [0.29, 0.717) is 24.4 Å². The molecule has 1 aromatic heterocycles. The van der Waals surface area contributed by atoms with Crippen molar-refractivity contribution in [1.29, 1.82) is 0 Å². The molecule has 1 atom stereocenters. The van der Waals surface area contributed by atoms with Gasteiger partial charge in [0.15, 0.2) is 0 Å². The summed E-state index contributed by atoms with van der Waals surface area (Å²) < 4.78 is 43.7. The Morgan fingerprint density at radius 2 is 1.72 bits per heavy atom. The van der Waals surface area contributed by atoms with Gasteiger partial charge in [0.1, 0.15) is 17.1 Å². The number of rotatable bonds is 6. The number of aryl methyl sites for hydroxylation is 2. The molecule has 1 saturated heterocycles. The minimum atomic E-state index is -4.49. The summed E-state index contributed by atoms with van der Waals surface area (Å²) in [5.74, 6) is -1.18. The highest BCUT2D eigenvalue weighted by Gasteiger charge is 2.35. The van der Waals surface area contributed by atoms with E-state index in [-0.39, 0.29) is 43.1 Å². The van der Waals surface area contributed by atoms with Crippen molar-refractivity contribution in [2.45, 2.75) is 52.8 Å². The fraction of sp³-hybridized carbons (Fsp3) is 0.480. The second-order valence-corrected chi connectivity index (χ2v) is 8.59. The van der Waals surface area contributed by atoms with E-state index in [0.717, 1.165) is 24.3 Å². The monoisotopic (exact) mass is 506 g/mol. The Bertz CT molecular complexity index is 1140. The van der Waals surface area contributed by atoms with Gasteiger partial charge in [-0.2, -0.15) is 13.2 Å². The highest BCUT2D eigenvalue weighted by Crippen LogP contribution is 2.29. The maximum atomic E-state index is 13.5. The molecule has 1 aromatic carbocycles. The van der Waals surface area contributed by atoms with Crippen molar-refractivity contribution in [2.75, 3.05) is 26.2 Å². The van der Waals surface area contributed by atoms with E-state index >= 15 is 0 Å². The molecule has 1 aliphatic rings. The van der Waals surface area contributed by atoms with E-state index in [1.807, 2.05) is 6.92 Å². The van der Waals surface area contributed by atoms with Crippen molar-refractivity contribution in [2.24, 2.45) is 0 Å². The van der Waals surface area contributed by atoms with Gasteiger partial charge in [0.25, 0.3) is 11.8 Å². The highest BCUT2D eigenvalue weighted by atomic mass is 19.4. The van der Waals surface area contributed by atoms with Gasteiger partial charge in [-0.1, -0.05) is 13.3 Å². The molecule has 11 heteroatoms. The van der Waals surface area contributed by atoms with E-state index < -0.39 is 35.6 Å². The van der Waals surface area contributed by atoms with Crippen LogP contribution in [0.5, 0.6) is 0 Å². The first-order valence-corrected chi connectivity index (χ1v) is 11.8. The number of hydrogen-bond donors (Lipinski definition) is 0. The molecule has 0 aliphatic carbocycles. The Kier molecular flexibility index (Phi) is 8.31. The number of carbonyl (C=O) groups excluding carboxylic acids is 3. The summed E-state index contributed by atoms with van der Waals surface area (Å²) in [6.07, 6.45) is -3.30. The third-order valence-corrected chi connectivity index (χ3v) is 5.90. The molecule has 1 unspecified atom stereocenters. The van der Waals surface area contributed by atoms with Crippen molar-refractivity contribution in [3.8, 4) is 0 Å². The Morgan fingerprint density at radius 3 is 2.28 bits per heavy atom. The lowest BCUT2D eigenvalue weighted by atomic mass is 10.0. The molecule has 194 valence electrons. The average molecular weight is 507 g/mol. The lowest BCUT2D eigenvalue weighted by Crippen LogP contribution is -2.55. The normalized spacial score (nSPS) is 16.1. The molecule has 1 aliphatic heterocycles. The summed E-state index contributed by atoms with van der Waals surface area (Å²) in [7, 11) is 0. The van der Waals surface area contributed by atoms with Crippen molar-refractivity contribution in [1.82, 2.24) is 19.8 Å². The summed E-state index contributed by atoms with van der Waals surface area (Å²) in [6.45, 7) is 7.64. The number of esters is 1. The predicted octanol–water partition coefficient (Wildman–Crippen LogP) is 3.92. The van der Waals surface area contributed by atoms with E-state index in [2.05, 4.69) is 9.97 Å². The molecule has 36 heavy (non-hydrogen) atoms. The SMILES string of the molecule is CCCc1nc(C)nc(C(=O)N2CCN(C(=O)c3ccc(C(F)(F)F)cc3)C(C)C2)c1C(=O)OCC. The van der Waals surface area contributed by atoms with Gasteiger partial charge in [0.2, 0.25) is 0 Å².